The Balaban J connectivity index is 1.86. The number of fused-ring (bicyclic) bond motifs is 1. The van der Waals surface area contributed by atoms with Gasteiger partial charge in [0.05, 0.1) is 0 Å². The van der Waals surface area contributed by atoms with E-state index in [9.17, 15) is 4.79 Å². The van der Waals surface area contributed by atoms with Gasteiger partial charge in [0.1, 0.15) is 0 Å². The van der Waals surface area contributed by atoms with Crippen LogP contribution in [0.5, 0.6) is 11.5 Å². The summed E-state index contributed by atoms with van der Waals surface area (Å²) >= 11 is 0. The molecule has 0 atom stereocenters. The number of hydrogen-bond acceptors (Lipinski definition) is 4. The molecule has 2 aromatic rings. The van der Waals surface area contributed by atoms with E-state index >= 15 is 0 Å². The predicted molar refractivity (Wildman–Crippen MR) is 90.8 cm³/mol. The summed E-state index contributed by atoms with van der Waals surface area (Å²) in [6, 6.07) is 5.70. The van der Waals surface area contributed by atoms with Crippen molar-refractivity contribution < 1.29 is 14.3 Å². The van der Waals surface area contributed by atoms with Crippen molar-refractivity contribution in [1.29, 1.82) is 0 Å². The minimum atomic E-state index is -0.0959. The molecule has 6 nitrogen and oxygen atoms in total. The van der Waals surface area contributed by atoms with Crippen LogP contribution < -0.4 is 14.8 Å². The number of aromatic amines is 1. The Morgan fingerprint density at radius 2 is 2.25 bits per heavy atom. The number of terminal acetylenes is 1. The second-order valence-corrected chi connectivity index (χ2v) is 5.45. The van der Waals surface area contributed by atoms with Crippen LogP contribution in [0, 0.1) is 12.3 Å². The van der Waals surface area contributed by atoms with E-state index < -0.39 is 0 Å². The fourth-order valence-corrected chi connectivity index (χ4v) is 2.63. The van der Waals surface area contributed by atoms with Crippen molar-refractivity contribution in [2.45, 2.75) is 32.6 Å². The van der Waals surface area contributed by atoms with Crippen LogP contribution in [-0.4, -0.2) is 22.9 Å². The van der Waals surface area contributed by atoms with E-state index in [-0.39, 0.29) is 12.7 Å². The third-order valence-corrected chi connectivity index (χ3v) is 3.84. The quantitative estimate of drug-likeness (QED) is 0.632. The van der Waals surface area contributed by atoms with Gasteiger partial charge in [0.25, 0.3) is 0 Å². The number of aromatic nitrogens is 2. The van der Waals surface area contributed by atoms with E-state index in [4.69, 9.17) is 15.9 Å². The third-order valence-electron chi connectivity index (χ3n) is 3.84. The summed E-state index contributed by atoms with van der Waals surface area (Å²) in [5.74, 6) is 4.38. The van der Waals surface area contributed by atoms with Gasteiger partial charge in [-0.15, -0.1) is 12.3 Å². The SMILES string of the molecule is C#CCCCC(=O)Nc1n[nH]c(CC)c1-c1ccc2c(c1)OCO2. The van der Waals surface area contributed by atoms with Gasteiger partial charge in [-0.2, -0.15) is 5.10 Å². The smallest absolute Gasteiger partial charge is 0.231 e. The summed E-state index contributed by atoms with van der Waals surface area (Å²) in [6.45, 7) is 2.26. The van der Waals surface area contributed by atoms with Gasteiger partial charge in [0, 0.05) is 24.1 Å². The molecule has 24 heavy (non-hydrogen) atoms. The topological polar surface area (TPSA) is 76.2 Å². The highest BCUT2D eigenvalue weighted by atomic mass is 16.7. The normalized spacial score (nSPS) is 12.0. The van der Waals surface area contributed by atoms with Gasteiger partial charge in [0.15, 0.2) is 17.3 Å². The molecule has 1 aliphatic rings. The van der Waals surface area contributed by atoms with E-state index in [2.05, 4.69) is 21.4 Å². The van der Waals surface area contributed by atoms with E-state index in [1.54, 1.807) is 0 Å². The molecule has 1 amide bonds. The number of aryl methyl sites for hydroxylation is 1. The van der Waals surface area contributed by atoms with Crippen LogP contribution in [0.25, 0.3) is 11.1 Å². The molecule has 0 aliphatic carbocycles. The Morgan fingerprint density at radius 3 is 3.04 bits per heavy atom. The van der Waals surface area contributed by atoms with Crippen LogP contribution in [0.2, 0.25) is 0 Å². The van der Waals surface area contributed by atoms with Gasteiger partial charge in [-0.05, 0) is 30.5 Å². The van der Waals surface area contributed by atoms with Gasteiger partial charge < -0.3 is 14.8 Å². The van der Waals surface area contributed by atoms with Gasteiger partial charge >= 0.3 is 0 Å². The summed E-state index contributed by atoms with van der Waals surface area (Å²) in [7, 11) is 0. The number of rotatable bonds is 6. The Hall–Kier alpha value is -2.94. The van der Waals surface area contributed by atoms with Crippen LogP contribution >= 0.6 is 0 Å². The summed E-state index contributed by atoms with van der Waals surface area (Å²) in [4.78, 5) is 12.1. The summed E-state index contributed by atoms with van der Waals surface area (Å²) < 4.78 is 10.8. The zero-order chi connectivity index (χ0) is 16.9. The summed E-state index contributed by atoms with van der Waals surface area (Å²) in [5, 5.41) is 10.1. The van der Waals surface area contributed by atoms with E-state index in [1.165, 1.54) is 0 Å². The lowest BCUT2D eigenvalue weighted by Crippen LogP contribution is -2.12. The lowest BCUT2D eigenvalue weighted by molar-refractivity contribution is -0.116. The van der Waals surface area contributed by atoms with Crippen LogP contribution in [0.15, 0.2) is 18.2 Å². The zero-order valence-corrected chi connectivity index (χ0v) is 13.5. The fourth-order valence-electron chi connectivity index (χ4n) is 2.63. The molecule has 2 heterocycles. The molecular formula is C18H19N3O3. The van der Waals surface area contributed by atoms with Gasteiger partial charge in [-0.25, -0.2) is 0 Å². The second-order valence-electron chi connectivity index (χ2n) is 5.45. The molecule has 0 saturated carbocycles. The number of nitrogens with zero attached hydrogens (tertiary/aromatic N) is 1. The minimum Gasteiger partial charge on any atom is -0.454 e. The van der Waals surface area contributed by atoms with Gasteiger partial charge in [-0.1, -0.05) is 13.0 Å². The molecule has 0 spiro atoms. The molecule has 124 valence electrons. The van der Waals surface area contributed by atoms with Crippen LogP contribution in [-0.2, 0) is 11.2 Å². The average Bonchev–Trinajstić information content (AvgIpc) is 3.20. The standard InChI is InChI=1S/C18H19N3O3/c1-3-5-6-7-16(22)19-18-17(13(4-2)20-21-18)12-8-9-14-15(10-12)24-11-23-14/h1,8-10H,4-7,11H2,2H3,(H2,19,20,21,22). The third kappa shape index (κ3) is 3.20. The number of carbonyl (C=O) groups is 1. The molecule has 1 aromatic heterocycles. The molecular weight excluding hydrogens is 306 g/mol. The zero-order valence-electron chi connectivity index (χ0n) is 13.5. The second kappa shape index (κ2) is 7.09. The van der Waals surface area contributed by atoms with Crippen molar-refractivity contribution in [2.75, 3.05) is 12.1 Å². The molecule has 1 aliphatic heterocycles. The fraction of sp³-hybridized carbons (Fsp3) is 0.333. The number of hydrogen-bond donors (Lipinski definition) is 2. The Morgan fingerprint density at radius 1 is 1.42 bits per heavy atom. The summed E-state index contributed by atoms with van der Waals surface area (Å²) in [5.41, 5.74) is 2.75. The Bertz CT molecular complexity index is 789. The van der Waals surface area contributed by atoms with E-state index in [1.807, 2.05) is 25.1 Å². The van der Waals surface area contributed by atoms with Crippen LogP contribution in [0.1, 0.15) is 31.9 Å². The van der Waals surface area contributed by atoms with Crippen molar-refractivity contribution in [1.82, 2.24) is 10.2 Å². The Labute approximate surface area is 140 Å². The number of nitrogens with one attached hydrogen (secondary N) is 2. The first-order chi connectivity index (χ1) is 11.7. The summed E-state index contributed by atoms with van der Waals surface area (Å²) in [6.07, 6.45) is 7.60. The van der Waals surface area contributed by atoms with Crippen molar-refractivity contribution in [3.8, 4) is 35.0 Å². The first kappa shape index (κ1) is 15.9. The van der Waals surface area contributed by atoms with Crippen molar-refractivity contribution in [3.63, 3.8) is 0 Å². The number of anilines is 1. The molecule has 2 N–H and O–H groups in total. The number of carbonyl (C=O) groups excluding carboxylic acids is 1. The van der Waals surface area contributed by atoms with Gasteiger partial charge in [0.2, 0.25) is 12.7 Å². The Kier molecular flexibility index (Phi) is 4.71. The molecule has 6 heteroatoms. The highest BCUT2D eigenvalue weighted by Crippen LogP contribution is 2.38. The molecule has 0 fully saturated rings. The molecule has 3 rings (SSSR count). The van der Waals surface area contributed by atoms with E-state index in [0.717, 1.165) is 29.0 Å². The lowest BCUT2D eigenvalue weighted by Gasteiger charge is -2.08. The molecule has 0 unspecified atom stereocenters. The maximum atomic E-state index is 12.1. The first-order valence-corrected chi connectivity index (χ1v) is 7.93. The molecule has 0 bridgehead atoms. The molecule has 0 radical (unpaired) electrons. The van der Waals surface area contributed by atoms with Crippen molar-refractivity contribution in [2.24, 2.45) is 0 Å². The van der Waals surface area contributed by atoms with E-state index in [0.29, 0.717) is 30.8 Å². The maximum Gasteiger partial charge on any atom is 0.231 e. The largest absolute Gasteiger partial charge is 0.454 e. The highest BCUT2D eigenvalue weighted by molar-refractivity contribution is 5.94. The number of unbranched alkanes of at least 4 members (excludes halogenated alkanes) is 1. The minimum absolute atomic E-state index is 0.0959. The van der Waals surface area contributed by atoms with Crippen molar-refractivity contribution >= 4 is 11.7 Å². The number of benzene rings is 1. The van der Waals surface area contributed by atoms with Gasteiger partial charge in [-0.3, -0.25) is 9.89 Å². The molecule has 1 aromatic carbocycles. The molecule has 0 saturated heterocycles. The van der Waals surface area contributed by atoms with Crippen molar-refractivity contribution in [3.05, 3.63) is 23.9 Å². The number of amides is 1. The predicted octanol–water partition coefficient (Wildman–Crippen LogP) is 3.11. The monoisotopic (exact) mass is 325 g/mol. The highest BCUT2D eigenvalue weighted by Gasteiger charge is 2.20. The number of H-pyrrole nitrogens is 1. The maximum absolute atomic E-state index is 12.1. The lowest BCUT2D eigenvalue weighted by atomic mass is 10.0. The van der Waals surface area contributed by atoms with Crippen LogP contribution in [0.4, 0.5) is 5.82 Å². The average molecular weight is 325 g/mol. The van der Waals surface area contributed by atoms with Crippen LogP contribution in [0.3, 0.4) is 0 Å². The number of ether oxygens (including phenoxy) is 2. The first-order valence-electron chi connectivity index (χ1n) is 7.93.